The highest BCUT2D eigenvalue weighted by molar-refractivity contribution is 8.23. The van der Waals surface area contributed by atoms with E-state index in [9.17, 15) is 4.79 Å². The summed E-state index contributed by atoms with van der Waals surface area (Å²) < 4.78 is 0.779. The van der Waals surface area contributed by atoms with Gasteiger partial charge >= 0.3 is 0 Å². The van der Waals surface area contributed by atoms with Crippen molar-refractivity contribution in [1.82, 2.24) is 4.90 Å². The molecule has 1 unspecified atom stereocenters. The first-order valence-corrected chi connectivity index (χ1v) is 8.09. The summed E-state index contributed by atoms with van der Waals surface area (Å²) in [5, 5.41) is 2.71. The van der Waals surface area contributed by atoms with E-state index in [4.69, 9.17) is 12.2 Å². The number of amides is 1. The van der Waals surface area contributed by atoms with Crippen LogP contribution >= 0.6 is 24.0 Å². The van der Waals surface area contributed by atoms with Gasteiger partial charge < -0.3 is 10.2 Å². The molecule has 0 saturated heterocycles. The van der Waals surface area contributed by atoms with Gasteiger partial charge in [0.15, 0.2) is 0 Å². The van der Waals surface area contributed by atoms with Crippen molar-refractivity contribution in [3.8, 4) is 0 Å². The molecule has 3 nitrogen and oxygen atoms in total. The highest BCUT2D eigenvalue weighted by atomic mass is 32.2. The van der Waals surface area contributed by atoms with E-state index in [0.717, 1.165) is 23.1 Å². The lowest BCUT2D eigenvalue weighted by Crippen LogP contribution is -2.31. The number of carbonyl (C=O) groups is 1. The van der Waals surface area contributed by atoms with Gasteiger partial charge in [0.05, 0.1) is 5.25 Å². The molecule has 1 rings (SSSR count). The van der Waals surface area contributed by atoms with Crippen LogP contribution in [-0.4, -0.2) is 33.5 Å². The molecule has 0 bridgehead atoms. The van der Waals surface area contributed by atoms with Gasteiger partial charge in [0.1, 0.15) is 4.32 Å². The van der Waals surface area contributed by atoms with E-state index in [1.807, 2.05) is 38.1 Å². The first-order chi connectivity index (χ1) is 9.47. The molecule has 1 amide bonds. The summed E-state index contributed by atoms with van der Waals surface area (Å²) in [6.07, 6.45) is 0. The Morgan fingerprint density at radius 1 is 1.30 bits per heavy atom. The highest BCUT2D eigenvalue weighted by Crippen LogP contribution is 2.18. The van der Waals surface area contributed by atoms with Crippen molar-refractivity contribution < 1.29 is 4.79 Å². The molecule has 110 valence electrons. The molecule has 0 radical (unpaired) electrons. The van der Waals surface area contributed by atoms with E-state index in [1.54, 1.807) is 0 Å². The molecule has 0 spiro atoms. The summed E-state index contributed by atoms with van der Waals surface area (Å²) in [4.78, 5) is 14.2. The Hall–Kier alpha value is -1.07. The van der Waals surface area contributed by atoms with Crippen LogP contribution in [0.4, 0.5) is 5.69 Å². The van der Waals surface area contributed by atoms with Crippen LogP contribution in [0.15, 0.2) is 24.3 Å². The number of rotatable bonds is 5. The largest absolute Gasteiger partial charge is 0.358 e. The summed E-state index contributed by atoms with van der Waals surface area (Å²) in [6, 6.07) is 7.78. The maximum Gasteiger partial charge on any atom is 0.237 e. The number of hydrogen-bond donors (Lipinski definition) is 1. The Kier molecular flexibility index (Phi) is 7.02. The average molecular weight is 310 g/mol. The van der Waals surface area contributed by atoms with Gasteiger partial charge in [-0.05, 0) is 39.8 Å². The first-order valence-electron chi connectivity index (χ1n) is 6.81. The van der Waals surface area contributed by atoms with Crippen LogP contribution in [0.5, 0.6) is 0 Å². The standard InChI is InChI=1S/C15H22N2OS2/c1-5-17(6-2)15(19)20-12(4)14(18)16-13-9-7-11(3)8-10-13/h7-10,12H,5-6H2,1-4H3,(H,16,18). The van der Waals surface area contributed by atoms with Crippen molar-refractivity contribution in [1.29, 1.82) is 0 Å². The second kappa shape index (κ2) is 8.27. The molecule has 0 fully saturated rings. The number of thioether (sulfide) groups is 1. The van der Waals surface area contributed by atoms with E-state index in [2.05, 4.69) is 24.1 Å². The Labute approximate surface area is 131 Å². The third-order valence-electron chi connectivity index (χ3n) is 2.99. The van der Waals surface area contributed by atoms with Crippen molar-refractivity contribution in [2.24, 2.45) is 0 Å². The van der Waals surface area contributed by atoms with E-state index >= 15 is 0 Å². The van der Waals surface area contributed by atoms with Crippen LogP contribution in [0.25, 0.3) is 0 Å². The van der Waals surface area contributed by atoms with Gasteiger partial charge in [-0.25, -0.2) is 0 Å². The first kappa shape index (κ1) is 17.0. The minimum atomic E-state index is -0.204. The van der Waals surface area contributed by atoms with E-state index in [-0.39, 0.29) is 11.2 Å². The number of carbonyl (C=O) groups excluding carboxylic acids is 1. The zero-order valence-electron chi connectivity index (χ0n) is 12.5. The van der Waals surface area contributed by atoms with Gasteiger partial charge in [-0.15, -0.1) is 0 Å². The smallest absolute Gasteiger partial charge is 0.237 e. The normalized spacial score (nSPS) is 11.8. The van der Waals surface area contributed by atoms with Crippen molar-refractivity contribution >= 4 is 39.9 Å². The van der Waals surface area contributed by atoms with Crippen LogP contribution < -0.4 is 5.32 Å². The second-order valence-electron chi connectivity index (χ2n) is 4.55. The van der Waals surface area contributed by atoms with Gasteiger partial charge in [0.25, 0.3) is 0 Å². The number of thiocarbonyl (C=S) groups is 1. The number of anilines is 1. The van der Waals surface area contributed by atoms with Crippen LogP contribution in [0, 0.1) is 6.92 Å². The van der Waals surface area contributed by atoms with E-state index in [1.165, 1.54) is 17.3 Å². The Balaban J connectivity index is 2.54. The van der Waals surface area contributed by atoms with Crippen LogP contribution in [-0.2, 0) is 4.79 Å². The second-order valence-corrected chi connectivity index (χ2v) is 6.53. The molecule has 0 heterocycles. The number of benzene rings is 1. The molecule has 5 heteroatoms. The minimum Gasteiger partial charge on any atom is -0.358 e. The van der Waals surface area contributed by atoms with Gasteiger partial charge in [-0.2, -0.15) is 0 Å². The third-order valence-corrected chi connectivity index (χ3v) is 4.56. The SMILES string of the molecule is CCN(CC)C(=S)SC(C)C(=O)Nc1ccc(C)cc1. The lowest BCUT2D eigenvalue weighted by Gasteiger charge is -2.22. The molecule has 1 N–H and O–H groups in total. The van der Waals surface area contributed by atoms with Gasteiger partial charge in [0.2, 0.25) is 5.91 Å². The average Bonchev–Trinajstić information content (AvgIpc) is 2.42. The van der Waals surface area contributed by atoms with Gasteiger partial charge in [-0.1, -0.05) is 41.7 Å². The summed E-state index contributed by atoms with van der Waals surface area (Å²) in [5.41, 5.74) is 2.00. The topological polar surface area (TPSA) is 32.3 Å². The van der Waals surface area contributed by atoms with Crippen LogP contribution in [0.1, 0.15) is 26.3 Å². The quantitative estimate of drug-likeness (QED) is 0.841. The van der Waals surface area contributed by atoms with Crippen molar-refractivity contribution in [3.05, 3.63) is 29.8 Å². The predicted octanol–water partition coefficient (Wildman–Crippen LogP) is 3.68. The molecule has 0 aliphatic rings. The van der Waals surface area contributed by atoms with Gasteiger partial charge in [-0.3, -0.25) is 4.79 Å². The predicted molar refractivity (Wildman–Crippen MR) is 92.4 cm³/mol. The molecular formula is C15H22N2OS2. The number of hydrogen-bond acceptors (Lipinski definition) is 3. The fourth-order valence-electron chi connectivity index (χ4n) is 1.64. The maximum atomic E-state index is 12.1. The van der Waals surface area contributed by atoms with Crippen LogP contribution in [0.3, 0.4) is 0 Å². The lowest BCUT2D eigenvalue weighted by atomic mass is 10.2. The maximum absolute atomic E-state index is 12.1. The van der Waals surface area contributed by atoms with Crippen molar-refractivity contribution in [2.75, 3.05) is 18.4 Å². The van der Waals surface area contributed by atoms with Crippen LogP contribution in [0.2, 0.25) is 0 Å². The van der Waals surface area contributed by atoms with E-state index in [0.29, 0.717) is 0 Å². The molecule has 1 aromatic carbocycles. The zero-order chi connectivity index (χ0) is 15.1. The van der Waals surface area contributed by atoms with Crippen molar-refractivity contribution in [3.63, 3.8) is 0 Å². The molecule has 20 heavy (non-hydrogen) atoms. The summed E-state index contributed by atoms with van der Waals surface area (Å²) in [5.74, 6) is -0.0200. The fourth-order valence-corrected chi connectivity index (χ4v) is 3.21. The molecule has 0 aliphatic carbocycles. The van der Waals surface area contributed by atoms with E-state index < -0.39 is 0 Å². The molecular weight excluding hydrogens is 288 g/mol. The summed E-state index contributed by atoms with van der Waals surface area (Å²) in [6.45, 7) is 9.76. The number of aryl methyl sites for hydroxylation is 1. The Morgan fingerprint density at radius 3 is 2.35 bits per heavy atom. The monoisotopic (exact) mass is 310 g/mol. The highest BCUT2D eigenvalue weighted by Gasteiger charge is 2.18. The minimum absolute atomic E-state index is 0.0200. The zero-order valence-corrected chi connectivity index (χ0v) is 14.1. The molecule has 1 aromatic rings. The number of nitrogens with zero attached hydrogens (tertiary/aromatic N) is 1. The Bertz CT molecular complexity index is 455. The molecule has 0 aromatic heterocycles. The molecule has 0 aliphatic heterocycles. The van der Waals surface area contributed by atoms with Crippen molar-refractivity contribution in [2.45, 2.75) is 32.9 Å². The molecule has 1 atom stereocenters. The fraction of sp³-hybridized carbons (Fsp3) is 0.467. The summed E-state index contributed by atoms with van der Waals surface area (Å²) >= 11 is 6.79. The Morgan fingerprint density at radius 2 is 1.85 bits per heavy atom. The number of nitrogens with one attached hydrogen (secondary N) is 1. The van der Waals surface area contributed by atoms with Gasteiger partial charge in [0, 0.05) is 18.8 Å². The third kappa shape index (κ3) is 5.13. The molecule has 0 saturated carbocycles. The summed E-state index contributed by atoms with van der Waals surface area (Å²) in [7, 11) is 0. The lowest BCUT2D eigenvalue weighted by molar-refractivity contribution is -0.115.